The fourth-order valence-corrected chi connectivity index (χ4v) is 1.02. The van der Waals surface area contributed by atoms with Crippen LogP contribution in [0.5, 0.6) is 0 Å². The van der Waals surface area contributed by atoms with Crippen molar-refractivity contribution in [2.24, 2.45) is 0 Å². The maximum Gasteiger partial charge on any atom is 0.300 e. The quantitative estimate of drug-likeness (QED) is 0.670. The highest BCUT2D eigenvalue weighted by Gasteiger charge is 2.30. The maximum absolute atomic E-state index is 9.00. The molecule has 1 saturated heterocycles. The lowest BCUT2D eigenvalue weighted by atomic mass is 10.3. The van der Waals surface area contributed by atoms with E-state index in [2.05, 4.69) is 0 Å². The van der Waals surface area contributed by atoms with E-state index in [0.29, 0.717) is 6.61 Å². The molecule has 1 aliphatic rings. The van der Waals surface area contributed by atoms with Crippen LogP contribution in [-0.2, 0) is 14.3 Å². The molecule has 0 aromatic rings. The predicted octanol–water partition coefficient (Wildman–Crippen LogP) is 0.777. The summed E-state index contributed by atoms with van der Waals surface area (Å²) in [7, 11) is 0. The molecule has 1 fully saturated rings. The molecule has 1 rings (SSSR count). The normalized spacial score (nSPS) is 23.6. The van der Waals surface area contributed by atoms with Crippen molar-refractivity contribution in [3.8, 4) is 0 Å². The third kappa shape index (κ3) is 8.11. The molecule has 0 aromatic carbocycles. The number of ether oxygens (including phenoxy) is 2. The summed E-state index contributed by atoms with van der Waals surface area (Å²) in [5, 5.41) is 15.9. The molecule has 1 heterocycles. The number of carboxylic acids is 1. The molecule has 0 aliphatic carbocycles. The molecular formula is C10H18O5. The molecule has 1 atom stereocenters. The molecule has 88 valence electrons. The van der Waals surface area contributed by atoms with Gasteiger partial charge in [-0.15, -0.1) is 0 Å². The van der Waals surface area contributed by atoms with Crippen LogP contribution in [0.4, 0.5) is 0 Å². The third-order valence-corrected chi connectivity index (χ3v) is 1.49. The van der Waals surface area contributed by atoms with Crippen LogP contribution >= 0.6 is 0 Å². The van der Waals surface area contributed by atoms with Gasteiger partial charge in [-0.2, -0.15) is 0 Å². The summed E-state index contributed by atoms with van der Waals surface area (Å²) < 4.78 is 10.7. The number of aliphatic hydroxyl groups is 1. The molecule has 0 bridgehead atoms. The highest BCUT2D eigenvalue weighted by atomic mass is 16.7. The zero-order valence-corrected chi connectivity index (χ0v) is 9.27. The summed E-state index contributed by atoms with van der Waals surface area (Å²) in [5.74, 6) is -1.30. The molecule has 0 aromatic heterocycles. The molecular weight excluding hydrogens is 200 g/mol. The molecule has 0 spiro atoms. The number of aliphatic carboxylic acids is 1. The van der Waals surface area contributed by atoms with Gasteiger partial charge in [-0.25, -0.2) is 0 Å². The van der Waals surface area contributed by atoms with Crippen LogP contribution in [0.15, 0.2) is 12.2 Å². The summed E-state index contributed by atoms with van der Waals surface area (Å²) in [6, 6.07) is 0. The minimum atomic E-state index is -0.833. The van der Waals surface area contributed by atoms with E-state index >= 15 is 0 Å². The SMILES string of the molecule is CC(=O)O.CC1(C)OCC(C=CCO)O1. The average Bonchev–Trinajstić information content (AvgIpc) is 2.41. The van der Waals surface area contributed by atoms with Crippen LogP contribution in [0, 0.1) is 0 Å². The highest BCUT2D eigenvalue weighted by molar-refractivity contribution is 5.62. The number of hydrogen-bond donors (Lipinski definition) is 2. The monoisotopic (exact) mass is 218 g/mol. The molecule has 5 nitrogen and oxygen atoms in total. The molecule has 15 heavy (non-hydrogen) atoms. The lowest BCUT2D eigenvalue weighted by Gasteiger charge is -2.15. The Hall–Kier alpha value is -0.910. The minimum absolute atomic E-state index is 0.00264. The number of carbonyl (C=O) groups is 1. The van der Waals surface area contributed by atoms with E-state index in [0.717, 1.165) is 6.92 Å². The Morgan fingerprint density at radius 3 is 2.47 bits per heavy atom. The summed E-state index contributed by atoms with van der Waals surface area (Å²) in [4.78, 5) is 9.00. The number of carboxylic acid groups (broad SMARTS) is 1. The summed E-state index contributed by atoms with van der Waals surface area (Å²) in [6.45, 7) is 5.46. The van der Waals surface area contributed by atoms with Crippen molar-refractivity contribution in [1.29, 1.82) is 0 Å². The molecule has 1 unspecified atom stereocenters. The zero-order chi connectivity index (χ0) is 11.9. The molecule has 5 heteroatoms. The zero-order valence-electron chi connectivity index (χ0n) is 9.27. The van der Waals surface area contributed by atoms with Gasteiger partial charge in [0.25, 0.3) is 5.97 Å². The second kappa shape index (κ2) is 6.55. The largest absolute Gasteiger partial charge is 0.481 e. The summed E-state index contributed by atoms with van der Waals surface area (Å²) >= 11 is 0. The molecule has 0 saturated carbocycles. The Bertz CT molecular complexity index is 218. The van der Waals surface area contributed by atoms with Crippen molar-refractivity contribution in [2.75, 3.05) is 13.2 Å². The van der Waals surface area contributed by atoms with E-state index in [1.54, 1.807) is 6.08 Å². The Balaban J connectivity index is 0.000000423. The van der Waals surface area contributed by atoms with Crippen molar-refractivity contribution in [2.45, 2.75) is 32.7 Å². The molecule has 1 aliphatic heterocycles. The first kappa shape index (κ1) is 14.1. The van der Waals surface area contributed by atoms with E-state index in [1.807, 2.05) is 19.9 Å². The standard InChI is InChI=1S/C8H14O3.C2H4O2/c1-8(2)10-6-7(11-8)4-3-5-9;1-2(3)4/h3-4,7,9H,5-6H2,1-2H3;1H3,(H,3,4). The first-order valence-electron chi connectivity index (χ1n) is 4.66. The summed E-state index contributed by atoms with van der Waals surface area (Å²) in [5.41, 5.74) is 0. The topological polar surface area (TPSA) is 76.0 Å². The molecule has 2 N–H and O–H groups in total. The Kier molecular flexibility index (Phi) is 6.15. The van der Waals surface area contributed by atoms with Crippen LogP contribution < -0.4 is 0 Å². The first-order chi connectivity index (χ1) is 6.87. The number of rotatable bonds is 2. The van der Waals surface area contributed by atoms with E-state index in [4.69, 9.17) is 24.5 Å². The lowest BCUT2D eigenvalue weighted by Crippen LogP contribution is -2.20. The number of aliphatic hydroxyl groups excluding tert-OH is 1. The van der Waals surface area contributed by atoms with Crippen LogP contribution in [0.1, 0.15) is 20.8 Å². The fourth-order valence-electron chi connectivity index (χ4n) is 1.02. The van der Waals surface area contributed by atoms with Gasteiger partial charge in [0.2, 0.25) is 0 Å². The average molecular weight is 218 g/mol. The van der Waals surface area contributed by atoms with E-state index in [9.17, 15) is 0 Å². The van der Waals surface area contributed by atoms with Gasteiger partial charge in [0, 0.05) is 6.92 Å². The first-order valence-corrected chi connectivity index (χ1v) is 4.66. The van der Waals surface area contributed by atoms with Crippen molar-refractivity contribution in [1.82, 2.24) is 0 Å². The minimum Gasteiger partial charge on any atom is -0.481 e. The van der Waals surface area contributed by atoms with Gasteiger partial charge in [0.1, 0.15) is 6.10 Å². The lowest BCUT2D eigenvalue weighted by molar-refractivity contribution is -0.134. The van der Waals surface area contributed by atoms with Gasteiger partial charge in [-0.1, -0.05) is 12.2 Å². The molecule has 0 radical (unpaired) electrons. The second-order valence-electron chi connectivity index (χ2n) is 3.50. The van der Waals surface area contributed by atoms with Crippen LogP contribution in [-0.4, -0.2) is 41.3 Å². The van der Waals surface area contributed by atoms with Crippen LogP contribution in [0.2, 0.25) is 0 Å². The van der Waals surface area contributed by atoms with E-state index < -0.39 is 11.8 Å². The fraction of sp³-hybridized carbons (Fsp3) is 0.700. The van der Waals surface area contributed by atoms with E-state index in [1.165, 1.54) is 0 Å². The van der Waals surface area contributed by atoms with Gasteiger partial charge >= 0.3 is 0 Å². The predicted molar refractivity (Wildman–Crippen MR) is 54.4 cm³/mol. The molecule has 0 amide bonds. The Labute approximate surface area is 89.3 Å². The maximum atomic E-state index is 9.00. The van der Waals surface area contributed by atoms with Gasteiger partial charge in [-0.3, -0.25) is 4.79 Å². The summed E-state index contributed by atoms with van der Waals surface area (Å²) in [6.07, 6.45) is 3.47. The van der Waals surface area contributed by atoms with Gasteiger partial charge < -0.3 is 19.7 Å². The van der Waals surface area contributed by atoms with Gasteiger partial charge in [0.05, 0.1) is 13.2 Å². The van der Waals surface area contributed by atoms with Gasteiger partial charge in [0.15, 0.2) is 5.79 Å². The van der Waals surface area contributed by atoms with Crippen molar-refractivity contribution < 1.29 is 24.5 Å². The van der Waals surface area contributed by atoms with Gasteiger partial charge in [-0.05, 0) is 13.8 Å². The Morgan fingerprint density at radius 2 is 2.13 bits per heavy atom. The second-order valence-corrected chi connectivity index (χ2v) is 3.50. The Morgan fingerprint density at radius 1 is 1.60 bits per heavy atom. The smallest absolute Gasteiger partial charge is 0.300 e. The van der Waals surface area contributed by atoms with Crippen LogP contribution in [0.25, 0.3) is 0 Å². The van der Waals surface area contributed by atoms with Crippen molar-refractivity contribution >= 4 is 5.97 Å². The van der Waals surface area contributed by atoms with Crippen LogP contribution in [0.3, 0.4) is 0 Å². The number of hydrogen-bond acceptors (Lipinski definition) is 4. The van der Waals surface area contributed by atoms with Crippen molar-refractivity contribution in [3.05, 3.63) is 12.2 Å². The van der Waals surface area contributed by atoms with E-state index in [-0.39, 0.29) is 12.7 Å². The van der Waals surface area contributed by atoms with Crippen molar-refractivity contribution in [3.63, 3.8) is 0 Å². The third-order valence-electron chi connectivity index (χ3n) is 1.49. The highest BCUT2D eigenvalue weighted by Crippen LogP contribution is 2.22.